The number of hydrogen-bond acceptors (Lipinski definition) is 7. The fourth-order valence-corrected chi connectivity index (χ4v) is 2.68. The lowest BCUT2D eigenvalue weighted by Crippen LogP contribution is -2.46. The molecule has 2 saturated heterocycles. The Bertz CT molecular complexity index is 344. The van der Waals surface area contributed by atoms with Crippen LogP contribution in [0.1, 0.15) is 27.7 Å². The van der Waals surface area contributed by atoms with E-state index >= 15 is 0 Å². The number of aliphatic hydroxyl groups is 1. The molecule has 0 saturated carbocycles. The smallest absolute Gasteiger partial charge is 0.164 e. The molecule has 7 nitrogen and oxygen atoms in total. The quantitative estimate of drug-likeness (QED) is 0.722. The molecular formula is C14H26O7. The second kappa shape index (κ2) is 6.45. The number of hydrogen-bond donors (Lipinski definition) is 1. The lowest BCUT2D eigenvalue weighted by molar-refractivity contribution is -0.179. The van der Waals surface area contributed by atoms with Crippen molar-refractivity contribution in [3.63, 3.8) is 0 Å². The molecule has 2 aliphatic rings. The van der Waals surface area contributed by atoms with Crippen molar-refractivity contribution in [3.8, 4) is 0 Å². The Kier molecular flexibility index (Phi) is 5.25. The maximum atomic E-state index is 9.56. The van der Waals surface area contributed by atoms with Crippen LogP contribution in [-0.2, 0) is 28.4 Å². The fraction of sp³-hybridized carbons (Fsp3) is 1.00. The highest BCUT2D eigenvalue weighted by molar-refractivity contribution is 4.94. The summed E-state index contributed by atoms with van der Waals surface area (Å²) in [7, 11) is 1.53. The molecule has 0 amide bonds. The summed E-state index contributed by atoms with van der Waals surface area (Å²) in [5.41, 5.74) is 0. The average Bonchev–Trinajstić information content (AvgIpc) is 2.90. The SMILES string of the molecule is COCO[C@H](CO)[C@H]1OC(C)(C)O[C@@H]1[C@@H]1COC(C)(C)O1. The Labute approximate surface area is 125 Å². The van der Waals surface area contributed by atoms with Crippen molar-refractivity contribution in [2.45, 2.75) is 63.7 Å². The number of rotatable bonds is 6. The predicted octanol–water partition coefficient (Wildman–Crippen LogP) is 0.639. The molecule has 0 unspecified atom stereocenters. The molecule has 0 spiro atoms. The van der Waals surface area contributed by atoms with E-state index in [2.05, 4.69) is 0 Å². The second-order valence-electron chi connectivity index (χ2n) is 6.23. The summed E-state index contributed by atoms with van der Waals surface area (Å²) < 4.78 is 33.7. The van der Waals surface area contributed by atoms with Crippen LogP contribution in [0.5, 0.6) is 0 Å². The van der Waals surface area contributed by atoms with Crippen LogP contribution in [0.3, 0.4) is 0 Å². The Hall–Kier alpha value is -0.280. The monoisotopic (exact) mass is 306 g/mol. The van der Waals surface area contributed by atoms with E-state index in [1.54, 1.807) is 0 Å². The van der Waals surface area contributed by atoms with E-state index in [4.69, 9.17) is 28.4 Å². The van der Waals surface area contributed by atoms with Crippen LogP contribution in [-0.4, -0.2) is 68.2 Å². The first kappa shape index (κ1) is 17.1. The zero-order valence-corrected chi connectivity index (χ0v) is 13.3. The largest absolute Gasteiger partial charge is 0.394 e. The fourth-order valence-electron chi connectivity index (χ4n) is 2.68. The minimum absolute atomic E-state index is 0.0752. The molecule has 0 aromatic rings. The molecule has 0 aromatic heterocycles. The summed E-state index contributed by atoms with van der Waals surface area (Å²) in [5.74, 6) is -1.41. The van der Waals surface area contributed by atoms with Gasteiger partial charge in [0.15, 0.2) is 11.6 Å². The molecule has 0 aliphatic carbocycles. The summed E-state index contributed by atoms with van der Waals surface area (Å²) in [6.45, 7) is 7.65. The van der Waals surface area contributed by atoms with Gasteiger partial charge < -0.3 is 33.5 Å². The normalized spacial score (nSPS) is 36.0. The lowest BCUT2D eigenvalue weighted by atomic mass is 10.0. The third-order valence-electron chi connectivity index (χ3n) is 3.51. The van der Waals surface area contributed by atoms with Crippen LogP contribution in [0, 0.1) is 0 Å². The van der Waals surface area contributed by atoms with Crippen LogP contribution in [0.25, 0.3) is 0 Å². The third kappa shape index (κ3) is 4.13. The molecular weight excluding hydrogens is 280 g/mol. The van der Waals surface area contributed by atoms with Gasteiger partial charge in [-0.2, -0.15) is 0 Å². The minimum atomic E-state index is -0.769. The van der Waals surface area contributed by atoms with E-state index in [0.29, 0.717) is 6.61 Å². The van der Waals surface area contributed by atoms with Gasteiger partial charge in [-0.05, 0) is 27.7 Å². The van der Waals surface area contributed by atoms with Gasteiger partial charge in [0, 0.05) is 7.11 Å². The minimum Gasteiger partial charge on any atom is -0.394 e. The summed E-state index contributed by atoms with van der Waals surface area (Å²) in [4.78, 5) is 0. The van der Waals surface area contributed by atoms with Crippen molar-refractivity contribution in [1.29, 1.82) is 0 Å². The number of ether oxygens (including phenoxy) is 6. The molecule has 0 radical (unpaired) electrons. The van der Waals surface area contributed by atoms with E-state index in [9.17, 15) is 5.11 Å². The molecule has 0 bridgehead atoms. The summed E-state index contributed by atoms with van der Waals surface area (Å²) in [6.07, 6.45) is -1.66. The van der Waals surface area contributed by atoms with E-state index in [-0.39, 0.29) is 25.6 Å². The first-order valence-corrected chi connectivity index (χ1v) is 7.17. The molecule has 124 valence electrons. The van der Waals surface area contributed by atoms with Gasteiger partial charge in [0.2, 0.25) is 0 Å². The van der Waals surface area contributed by atoms with Gasteiger partial charge >= 0.3 is 0 Å². The molecule has 2 aliphatic heterocycles. The Morgan fingerprint density at radius 1 is 1.14 bits per heavy atom. The van der Waals surface area contributed by atoms with E-state index in [0.717, 1.165) is 0 Å². The van der Waals surface area contributed by atoms with Crippen LogP contribution in [0.4, 0.5) is 0 Å². The van der Waals surface area contributed by atoms with Crippen molar-refractivity contribution in [3.05, 3.63) is 0 Å². The van der Waals surface area contributed by atoms with Gasteiger partial charge in [-0.25, -0.2) is 0 Å². The average molecular weight is 306 g/mol. The van der Waals surface area contributed by atoms with E-state index < -0.39 is 23.8 Å². The van der Waals surface area contributed by atoms with Crippen molar-refractivity contribution in [1.82, 2.24) is 0 Å². The number of aliphatic hydroxyl groups excluding tert-OH is 1. The van der Waals surface area contributed by atoms with Gasteiger partial charge in [-0.3, -0.25) is 0 Å². The third-order valence-corrected chi connectivity index (χ3v) is 3.51. The molecule has 7 heteroatoms. The highest BCUT2D eigenvalue weighted by Gasteiger charge is 2.52. The van der Waals surface area contributed by atoms with Crippen LogP contribution >= 0.6 is 0 Å². The van der Waals surface area contributed by atoms with E-state index in [1.807, 2.05) is 27.7 Å². The lowest BCUT2D eigenvalue weighted by Gasteiger charge is -2.28. The molecule has 0 aromatic carbocycles. The zero-order chi connectivity index (χ0) is 15.7. The highest BCUT2D eigenvalue weighted by Crippen LogP contribution is 2.37. The molecule has 2 fully saturated rings. The Balaban J connectivity index is 2.09. The molecule has 21 heavy (non-hydrogen) atoms. The first-order chi connectivity index (χ1) is 9.78. The van der Waals surface area contributed by atoms with Gasteiger partial charge in [0.05, 0.1) is 13.2 Å². The highest BCUT2D eigenvalue weighted by atomic mass is 16.8. The maximum Gasteiger partial charge on any atom is 0.164 e. The Morgan fingerprint density at radius 2 is 1.86 bits per heavy atom. The molecule has 1 N–H and O–H groups in total. The topological polar surface area (TPSA) is 75.6 Å². The van der Waals surface area contributed by atoms with Gasteiger partial charge in [-0.1, -0.05) is 0 Å². The van der Waals surface area contributed by atoms with Gasteiger partial charge in [0.25, 0.3) is 0 Å². The van der Waals surface area contributed by atoms with E-state index in [1.165, 1.54) is 7.11 Å². The van der Waals surface area contributed by atoms with Crippen LogP contribution in [0.15, 0.2) is 0 Å². The summed E-state index contributed by atoms with van der Waals surface area (Å²) in [5, 5.41) is 9.56. The summed E-state index contributed by atoms with van der Waals surface area (Å²) in [6, 6.07) is 0. The summed E-state index contributed by atoms with van der Waals surface area (Å²) >= 11 is 0. The van der Waals surface area contributed by atoms with Gasteiger partial charge in [-0.15, -0.1) is 0 Å². The molecule has 2 heterocycles. The molecule has 4 atom stereocenters. The van der Waals surface area contributed by atoms with Crippen molar-refractivity contribution < 1.29 is 33.5 Å². The second-order valence-corrected chi connectivity index (χ2v) is 6.23. The van der Waals surface area contributed by atoms with Crippen molar-refractivity contribution >= 4 is 0 Å². The van der Waals surface area contributed by atoms with Crippen molar-refractivity contribution in [2.24, 2.45) is 0 Å². The van der Waals surface area contributed by atoms with Gasteiger partial charge in [0.1, 0.15) is 31.2 Å². The predicted molar refractivity (Wildman–Crippen MR) is 72.6 cm³/mol. The maximum absolute atomic E-state index is 9.56. The van der Waals surface area contributed by atoms with Crippen LogP contribution in [0.2, 0.25) is 0 Å². The number of methoxy groups -OCH3 is 1. The standard InChI is InChI=1S/C14H26O7/c1-13(2)18-7-10(19-13)12-11(20-14(3,4)21-12)9(6-15)17-8-16-5/h9-12,15H,6-8H2,1-5H3/t9-,10+,11-,12-/m1/s1. The van der Waals surface area contributed by atoms with Crippen molar-refractivity contribution in [2.75, 3.05) is 27.1 Å². The zero-order valence-electron chi connectivity index (χ0n) is 13.3. The molecule has 2 rings (SSSR count). The first-order valence-electron chi connectivity index (χ1n) is 7.17. The van der Waals surface area contributed by atoms with Crippen LogP contribution < -0.4 is 0 Å². The Morgan fingerprint density at radius 3 is 2.38 bits per heavy atom.